The summed E-state index contributed by atoms with van der Waals surface area (Å²) in [5.41, 5.74) is 4.69. The number of carbonyl (C=O) groups excluding carboxylic acids is 2. The smallest absolute Gasteiger partial charge is 0.282 e. The highest BCUT2D eigenvalue weighted by atomic mass is 16.5. The molecule has 0 radical (unpaired) electrons. The van der Waals surface area contributed by atoms with Crippen LogP contribution in [0.2, 0.25) is 0 Å². The van der Waals surface area contributed by atoms with Crippen LogP contribution in [0.4, 0.5) is 11.4 Å². The van der Waals surface area contributed by atoms with E-state index in [1.165, 1.54) is 4.90 Å². The van der Waals surface area contributed by atoms with Gasteiger partial charge in [0.1, 0.15) is 11.4 Å². The van der Waals surface area contributed by atoms with Crippen molar-refractivity contribution in [3.63, 3.8) is 0 Å². The van der Waals surface area contributed by atoms with E-state index < -0.39 is 0 Å². The van der Waals surface area contributed by atoms with Gasteiger partial charge in [-0.25, -0.2) is 4.90 Å². The van der Waals surface area contributed by atoms with Gasteiger partial charge in [-0.05, 0) is 74.7 Å². The Morgan fingerprint density at radius 3 is 2.15 bits per heavy atom. The molecule has 0 fully saturated rings. The highest BCUT2D eigenvalue weighted by Crippen LogP contribution is 2.37. The third-order valence-corrected chi connectivity index (χ3v) is 5.66. The zero-order chi connectivity index (χ0) is 23.7. The van der Waals surface area contributed by atoms with Crippen molar-refractivity contribution < 1.29 is 14.3 Å². The van der Waals surface area contributed by atoms with E-state index in [0.717, 1.165) is 22.6 Å². The number of hydrogen-bond acceptors (Lipinski definition) is 4. The second kappa shape index (κ2) is 8.94. The summed E-state index contributed by atoms with van der Waals surface area (Å²) in [6, 6.07) is 22.7. The first-order valence-electron chi connectivity index (χ1n) is 11.0. The highest BCUT2D eigenvalue weighted by molar-refractivity contribution is 6.46. The number of rotatable bonds is 6. The lowest BCUT2D eigenvalue weighted by atomic mass is 10.0. The van der Waals surface area contributed by atoms with Crippen LogP contribution in [0.3, 0.4) is 0 Å². The Balaban J connectivity index is 1.85. The lowest BCUT2D eigenvalue weighted by molar-refractivity contribution is -0.120. The summed E-state index contributed by atoms with van der Waals surface area (Å²) in [7, 11) is 1.82. The molecule has 0 atom stereocenters. The maximum Gasteiger partial charge on any atom is 0.282 e. The van der Waals surface area contributed by atoms with Crippen LogP contribution in [0.1, 0.15) is 30.5 Å². The molecule has 2 amide bonds. The molecule has 168 valence electrons. The Kier molecular flexibility index (Phi) is 6.05. The van der Waals surface area contributed by atoms with E-state index in [1.807, 2.05) is 108 Å². The molecule has 4 rings (SSSR count). The maximum atomic E-state index is 13.8. The number of nitrogens with zero attached hydrogens (tertiary/aromatic N) is 2. The zero-order valence-electron chi connectivity index (χ0n) is 19.6. The van der Waals surface area contributed by atoms with Gasteiger partial charge in [0.25, 0.3) is 11.8 Å². The molecular formula is C28H28N2O3. The predicted octanol–water partition coefficient (Wildman–Crippen LogP) is 5.51. The van der Waals surface area contributed by atoms with Crippen molar-refractivity contribution in [1.82, 2.24) is 0 Å². The molecule has 0 unspecified atom stereocenters. The molecule has 1 aliphatic rings. The van der Waals surface area contributed by atoms with Crippen LogP contribution in [0, 0.1) is 13.8 Å². The minimum atomic E-state index is -0.336. The summed E-state index contributed by atoms with van der Waals surface area (Å²) in [6.45, 7) is 7.79. The van der Waals surface area contributed by atoms with Crippen molar-refractivity contribution in [2.24, 2.45) is 0 Å². The predicted molar refractivity (Wildman–Crippen MR) is 132 cm³/mol. The molecule has 1 aliphatic heterocycles. The number of benzene rings is 3. The van der Waals surface area contributed by atoms with Crippen molar-refractivity contribution in [3.8, 4) is 5.75 Å². The average molecular weight is 441 g/mol. The molecule has 5 heteroatoms. The fourth-order valence-corrected chi connectivity index (χ4v) is 4.02. The number of ether oxygens (including phenoxy) is 1. The lowest BCUT2D eigenvalue weighted by Crippen LogP contribution is -2.34. The van der Waals surface area contributed by atoms with Gasteiger partial charge in [-0.3, -0.25) is 9.59 Å². The van der Waals surface area contributed by atoms with Gasteiger partial charge in [0.05, 0.1) is 17.4 Å². The number of carbonyl (C=O) groups is 2. The lowest BCUT2D eigenvalue weighted by Gasteiger charge is -2.22. The standard InChI is InChI=1S/C28H28N2O3/c1-18(2)33-23-15-13-21(14-16-23)25-26(29(5)22-9-7-6-8-10-22)28(32)30(27(25)31)24-17-19(3)11-12-20(24)4/h6-18H,1-5H3. The Morgan fingerprint density at radius 2 is 1.52 bits per heavy atom. The van der Waals surface area contributed by atoms with Crippen molar-refractivity contribution in [2.75, 3.05) is 16.8 Å². The molecule has 0 aliphatic carbocycles. The van der Waals surface area contributed by atoms with Crippen LogP contribution in [0.25, 0.3) is 5.57 Å². The number of likely N-dealkylation sites (N-methyl/N-ethyl adjacent to an activating group) is 1. The number of para-hydroxylation sites is 1. The van der Waals surface area contributed by atoms with Crippen LogP contribution in [0.5, 0.6) is 5.75 Å². The monoisotopic (exact) mass is 440 g/mol. The van der Waals surface area contributed by atoms with Crippen LogP contribution >= 0.6 is 0 Å². The zero-order valence-corrected chi connectivity index (χ0v) is 19.6. The van der Waals surface area contributed by atoms with Crippen LogP contribution in [-0.4, -0.2) is 25.0 Å². The Bertz CT molecular complexity index is 1230. The normalized spacial score (nSPS) is 13.8. The van der Waals surface area contributed by atoms with Gasteiger partial charge in [-0.15, -0.1) is 0 Å². The molecule has 33 heavy (non-hydrogen) atoms. The molecule has 5 nitrogen and oxygen atoms in total. The summed E-state index contributed by atoms with van der Waals surface area (Å²) in [5.74, 6) is 0.0528. The fraction of sp³-hybridized carbons (Fsp3) is 0.214. The van der Waals surface area contributed by atoms with E-state index >= 15 is 0 Å². The Morgan fingerprint density at radius 1 is 0.848 bits per heavy atom. The van der Waals surface area contributed by atoms with E-state index in [-0.39, 0.29) is 17.9 Å². The summed E-state index contributed by atoms with van der Waals surface area (Å²) < 4.78 is 5.75. The van der Waals surface area contributed by atoms with Gasteiger partial charge in [0.2, 0.25) is 0 Å². The van der Waals surface area contributed by atoms with Crippen LogP contribution < -0.4 is 14.5 Å². The van der Waals surface area contributed by atoms with Gasteiger partial charge >= 0.3 is 0 Å². The third-order valence-electron chi connectivity index (χ3n) is 5.66. The first-order chi connectivity index (χ1) is 15.8. The second-order valence-electron chi connectivity index (χ2n) is 8.54. The Labute approximate surface area is 194 Å². The summed E-state index contributed by atoms with van der Waals surface area (Å²) in [4.78, 5) is 30.6. The number of hydrogen-bond donors (Lipinski definition) is 0. The van der Waals surface area contributed by atoms with Crippen LogP contribution in [-0.2, 0) is 9.59 Å². The molecule has 3 aromatic carbocycles. The van der Waals surface area contributed by atoms with E-state index in [1.54, 1.807) is 4.90 Å². The summed E-state index contributed by atoms with van der Waals surface area (Å²) >= 11 is 0. The van der Waals surface area contributed by atoms with E-state index in [9.17, 15) is 9.59 Å². The number of aryl methyl sites for hydroxylation is 2. The first kappa shape index (κ1) is 22.3. The molecule has 1 heterocycles. The number of imide groups is 1. The maximum absolute atomic E-state index is 13.8. The van der Waals surface area contributed by atoms with E-state index in [2.05, 4.69) is 0 Å². The van der Waals surface area contributed by atoms with Crippen molar-refractivity contribution in [3.05, 3.63) is 95.2 Å². The molecule has 0 saturated carbocycles. The topological polar surface area (TPSA) is 49.9 Å². The minimum absolute atomic E-state index is 0.0457. The number of amides is 2. The van der Waals surface area contributed by atoms with Gasteiger partial charge in [0, 0.05) is 12.7 Å². The molecule has 0 aromatic heterocycles. The van der Waals surface area contributed by atoms with Gasteiger partial charge in [-0.2, -0.15) is 0 Å². The second-order valence-corrected chi connectivity index (χ2v) is 8.54. The van der Waals surface area contributed by atoms with Crippen molar-refractivity contribution in [2.45, 2.75) is 33.8 Å². The third kappa shape index (κ3) is 4.27. The van der Waals surface area contributed by atoms with Crippen LogP contribution in [0.15, 0.2) is 78.5 Å². The van der Waals surface area contributed by atoms with Crippen molar-refractivity contribution in [1.29, 1.82) is 0 Å². The quantitative estimate of drug-likeness (QED) is 0.474. The average Bonchev–Trinajstić information content (AvgIpc) is 3.05. The molecular weight excluding hydrogens is 412 g/mol. The molecule has 0 N–H and O–H groups in total. The summed E-state index contributed by atoms with van der Waals surface area (Å²) in [6.07, 6.45) is 0.0457. The summed E-state index contributed by atoms with van der Waals surface area (Å²) in [5, 5.41) is 0. The molecule has 0 saturated heterocycles. The molecule has 0 spiro atoms. The SMILES string of the molecule is Cc1ccc(C)c(N2C(=O)C(c3ccc(OC(C)C)cc3)=C(N(C)c3ccccc3)C2=O)c1. The minimum Gasteiger partial charge on any atom is -0.491 e. The number of anilines is 2. The van der Waals surface area contributed by atoms with Gasteiger partial charge < -0.3 is 9.64 Å². The highest BCUT2D eigenvalue weighted by Gasteiger charge is 2.42. The van der Waals surface area contributed by atoms with E-state index in [4.69, 9.17) is 4.74 Å². The fourth-order valence-electron chi connectivity index (χ4n) is 4.02. The Hall–Kier alpha value is -3.86. The molecule has 3 aromatic rings. The molecule has 0 bridgehead atoms. The van der Waals surface area contributed by atoms with Gasteiger partial charge in [0.15, 0.2) is 0 Å². The van der Waals surface area contributed by atoms with E-state index in [0.29, 0.717) is 22.5 Å². The van der Waals surface area contributed by atoms with Gasteiger partial charge in [-0.1, -0.05) is 42.5 Å². The first-order valence-corrected chi connectivity index (χ1v) is 11.0. The van der Waals surface area contributed by atoms with Crippen molar-refractivity contribution >= 4 is 28.8 Å². The largest absolute Gasteiger partial charge is 0.491 e.